The van der Waals surface area contributed by atoms with Gasteiger partial charge in [0.05, 0.1) is 12.2 Å². The lowest BCUT2D eigenvalue weighted by atomic mass is 9.97. The molecular formula is C21H34N6S. The summed E-state index contributed by atoms with van der Waals surface area (Å²) in [5, 5.41) is 13.5. The van der Waals surface area contributed by atoms with Crippen molar-refractivity contribution in [2.75, 3.05) is 33.2 Å². The van der Waals surface area contributed by atoms with Gasteiger partial charge in [-0.25, -0.2) is 0 Å². The van der Waals surface area contributed by atoms with Crippen molar-refractivity contribution in [3.05, 3.63) is 40.3 Å². The Hall–Kier alpha value is -1.86. The van der Waals surface area contributed by atoms with Crippen LogP contribution in [0, 0.1) is 12.8 Å². The second kappa shape index (κ2) is 10.6. The van der Waals surface area contributed by atoms with E-state index in [1.807, 2.05) is 29.3 Å². The van der Waals surface area contributed by atoms with Gasteiger partial charge in [-0.3, -0.25) is 14.6 Å². The molecule has 1 fully saturated rings. The molecule has 28 heavy (non-hydrogen) atoms. The minimum Gasteiger partial charge on any atom is -0.356 e. The van der Waals surface area contributed by atoms with Gasteiger partial charge >= 0.3 is 0 Å². The maximum Gasteiger partial charge on any atom is 0.191 e. The molecule has 1 unspecified atom stereocenters. The molecule has 2 aromatic rings. The van der Waals surface area contributed by atoms with Crippen molar-refractivity contribution in [3.8, 4) is 0 Å². The van der Waals surface area contributed by atoms with Crippen molar-refractivity contribution in [1.29, 1.82) is 0 Å². The minimum absolute atomic E-state index is 0.415. The molecule has 1 atom stereocenters. The molecule has 1 aliphatic heterocycles. The highest BCUT2D eigenvalue weighted by Crippen LogP contribution is 2.28. The van der Waals surface area contributed by atoms with Crippen molar-refractivity contribution in [1.82, 2.24) is 25.3 Å². The average molecular weight is 403 g/mol. The van der Waals surface area contributed by atoms with Crippen LogP contribution in [0.15, 0.2) is 34.9 Å². The van der Waals surface area contributed by atoms with Gasteiger partial charge in [0.25, 0.3) is 0 Å². The van der Waals surface area contributed by atoms with Gasteiger partial charge in [0.15, 0.2) is 5.96 Å². The monoisotopic (exact) mass is 402 g/mol. The molecule has 0 amide bonds. The van der Waals surface area contributed by atoms with Crippen molar-refractivity contribution in [2.24, 2.45) is 10.9 Å². The number of likely N-dealkylation sites (tertiary alicyclic amines) is 1. The van der Waals surface area contributed by atoms with E-state index in [0.717, 1.165) is 37.9 Å². The number of aliphatic imine (C=N–C) groups is 1. The molecule has 0 radical (unpaired) electrons. The normalized spacial score (nSPS) is 17.6. The Bertz CT molecular complexity index is 715. The van der Waals surface area contributed by atoms with E-state index >= 15 is 0 Å². The summed E-state index contributed by atoms with van der Waals surface area (Å²) in [6, 6.07) is 4.83. The van der Waals surface area contributed by atoms with Gasteiger partial charge in [-0.05, 0) is 62.2 Å². The average Bonchev–Trinajstić information content (AvgIpc) is 3.37. The Morgan fingerprint density at radius 3 is 2.82 bits per heavy atom. The molecule has 0 spiro atoms. The number of nitrogens with one attached hydrogen (secondary N) is 2. The van der Waals surface area contributed by atoms with Crippen LogP contribution in [-0.4, -0.2) is 53.9 Å². The van der Waals surface area contributed by atoms with Gasteiger partial charge in [0, 0.05) is 37.8 Å². The third-order valence-electron chi connectivity index (χ3n) is 5.44. The predicted molar refractivity (Wildman–Crippen MR) is 118 cm³/mol. The number of rotatable bonds is 8. The number of piperidine rings is 1. The molecule has 0 aliphatic carbocycles. The summed E-state index contributed by atoms with van der Waals surface area (Å²) in [5.74, 6) is 1.73. The molecule has 2 aromatic heterocycles. The molecule has 1 aliphatic rings. The number of hydrogen-bond acceptors (Lipinski definition) is 4. The van der Waals surface area contributed by atoms with Crippen LogP contribution in [0.25, 0.3) is 0 Å². The number of hydrogen-bond donors (Lipinski definition) is 2. The van der Waals surface area contributed by atoms with Gasteiger partial charge in [-0.15, -0.1) is 11.3 Å². The minimum atomic E-state index is 0.415. The molecule has 0 aromatic carbocycles. The highest BCUT2D eigenvalue weighted by molar-refractivity contribution is 7.10. The summed E-state index contributed by atoms with van der Waals surface area (Å²) < 4.78 is 2.00. The zero-order chi connectivity index (χ0) is 19.8. The van der Waals surface area contributed by atoms with Gasteiger partial charge < -0.3 is 10.6 Å². The molecule has 2 N–H and O–H groups in total. The van der Waals surface area contributed by atoms with Crippen LogP contribution >= 0.6 is 11.3 Å². The number of aryl methyl sites for hydroxylation is 2. The molecule has 3 heterocycles. The Labute approximate surface area is 173 Å². The van der Waals surface area contributed by atoms with E-state index in [2.05, 4.69) is 63.2 Å². The van der Waals surface area contributed by atoms with Crippen LogP contribution in [0.5, 0.6) is 0 Å². The fourth-order valence-electron chi connectivity index (χ4n) is 3.68. The Morgan fingerprint density at radius 2 is 2.18 bits per heavy atom. The first kappa shape index (κ1) is 20.9. The van der Waals surface area contributed by atoms with E-state index in [4.69, 9.17) is 0 Å². The predicted octanol–water partition coefficient (Wildman–Crippen LogP) is 3.28. The van der Waals surface area contributed by atoms with Gasteiger partial charge in [0.2, 0.25) is 0 Å². The van der Waals surface area contributed by atoms with Crippen LogP contribution in [0.4, 0.5) is 0 Å². The van der Waals surface area contributed by atoms with E-state index in [1.54, 1.807) is 0 Å². The molecule has 154 valence electrons. The molecule has 3 rings (SSSR count). The van der Waals surface area contributed by atoms with Gasteiger partial charge in [-0.1, -0.05) is 13.0 Å². The van der Waals surface area contributed by atoms with E-state index in [-0.39, 0.29) is 0 Å². The van der Waals surface area contributed by atoms with Crippen LogP contribution in [-0.2, 0) is 6.54 Å². The van der Waals surface area contributed by atoms with Crippen LogP contribution in [0.1, 0.15) is 42.7 Å². The van der Waals surface area contributed by atoms with Gasteiger partial charge in [-0.2, -0.15) is 5.10 Å². The maximum atomic E-state index is 4.40. The number of nitrogens with zero attached hydrogens (tertiary/aromatic N) is 4. The number of guanidine groups is 1. The molecular weight excluding hydrogens is 368 g/mol. The van der Waals surface area contributed by atoms with Crippen molar-refractivity contribution in [2.45, 2.75) is 45.7 Å². The lowest BCUT2D eigenvalue weighted by Crippen LogP contribution is -2.45. The highest BCUT2D eigenvalue weighted by Gasteiger charge is 2.25. The zero-order valence-corrected chi connectivity index (χ0v) is 18.2. The quantitative estimate of drug-likeness (QED) is 0.404. The van der Waals surface area contributed by atoms with E-state index in [1.165, 1.54) is 36.4 Å². The van der Waals surface area contributed by atoms with Crippen LogP contribution < -0.4 is 10.6 Å². The first-order chi connectivity index (χ1) is 13.7. The van der Waals surface area contributed by atoms with Crippen molar-refractivity contribution in [3.63, 3.8) is 0 Å². The van der Waals surface area contributed by atoms with E-state index in [0.29, 0.717) is 6.04 Å². The Kier molecular flexibility index (Phi) is 7.91. The van der Waals surface area contributed by atoms with E-state index in [9.17, 15) is 0 Å². The van der Waals surface area contributed by atoms with Crippen molar-refractivity contribution >= 4 is 17.3 Å². The standard InChI is InChI=1S/C21H34N6S/c1-17-7-11-26(12-8-17)19(20-6-4-13-28-20)15-24-21(22-3)23-9-5-10-27-16-18(2)14-25-27/h4,6,13-14,16-17,19H,5,7-12,15H2,1-3H3,(H2,22,23,24). The molecule has 0 bridgehead atoms. The summed E-state index contributed by atoms with van der Waals surface area (Å²) in [4.78, 5) is 8.47. The third kappa shape index (κ3) is 6.07. The molecule has 0 saturated carbocycles. The van der Waals surface area contributed by atoms with Gasteiger partial charge in [0.1, 0.15) is 0 Å². The molecule has 7 heteroatoms. The summed E-state index contributed by atoms with van der Waals surface area (Å²) >= 11 is 1.85. The summed E-state index contributed by atoms with van der Waals surface area (Å²) in [6.45, 7) is 9.48. The first-order valence-electron chi connectivity index (χ1n) is 10.4. The lowest BCUT2D eigenvalue weighted by Gasteiger charge is -2.36. The maximum absolute atomic E-state index is 4.40. The smallest absolute Gasteiger partial charge is 0.191 e. The summed E-state index contributed by atoms with van der Waals surface area (Å²) in [5.41, 5.74) is 1.21. The molecule has 1 saturated heterocycles. The van der Waals surface area contributed by atoms with Crippen LogP contribution in [0.2, 0.25) is 0 Å². The first-order valence-corrected chi connectivity index (χ1v) is 11.2. The fraction of sp³-hybridized carbons (Fsp3) is 0.619. The second-order valence-electron chi connectivity index (χ2n) is 7.76. The second-order valence-corrected chi connectivity index (χ2v) is 8.74. The van der Waals surface area contributed by atoms with Crippen LogP contribution in [0.3, 0.4) is 0 Å². The number of thiophene rings is 1. The Balaban J connectivity index is 1.47. The largest absolute Gasteiger partial charge is 0.356 e. The molecule has 6 nitrogen and oxygen atoms in total. The van der Waals surface area contributed by atoms with Crippen molar-refractivity contribution < 1.29 is 0 Å². The lowest BCUT2D eigenvalue weighted by molar-refractivity contribution is 0.140. The highest BCUT2D eigenvalue weighted by atomic mass is 32.1. The summed E-state index contributed by atoms with van der Waals surface area (Å²) in [7, 11) is 1.84. The fourth-order valence-corrected chi connectivity index (χ4v) is 4.54. The summed E-state index contributed by atoms with van der Waals surface area (Å²) in [6.07, 6.45) is 7.59. The SMILES string of the molecule is CN=C(NCCCn1cc(C)cn1)NCC(c1cccs1)N1CCC(C)CC1. The van der Waals surface area contributed by atoms with E-state index < -0.39 is 0 Å². The Morgan fingerprint density at radius 1 is 1.36 bits per heavy atom. The number of aromatic nitrogens is 2. The topological polar surface area (TPSA) is 57.5 Å². The zero-order valence-electron chi connectivity index (χ0n) is 17.4. The third-order valence-corrected chi connectivity index (χ3v) is 6.41.